The molecule has 0 radical (unpaired) electrons. The van der Waals surface area contributed by atoms with Gasteiger partial charge in [0.15, 0.2) is 0 Å². The number of hydrogen-bond acceptors (Lipinski definition) is 4. The van der Waals surface area contributed by atoms with Crippen molar-refractivity contribution in [2.45, 2.75) is 20.4 Å². The van der Waals surface area contributed by atoms with Gasteiger partial charge in [-0.25, -0.2) is 4.98 Å². The number of halogens is 1. The number of nitrogens with zero attached hydrogens (tertiary/aromatic N) is 2. The highest BCUT2D eigenvalue weighted by molar-refractivity contribution is 9.10. The second kappa shape index (κ2) is 4.65. The van der Waals surface area contributed by atoms with Gasteiger partial charge in [-0.3, -0.25) is 4.98 Å². The molecule has 0 spiro atoms. The van der Waals surface area contributed by atoms with Crippen LogP contribution in [0.15, 0.2) is 27.3 Å². The highest BCUT2D eigenvalue weighted by Gasteiger charge is 2.04. The first-order valence-electron chi connectivity index (χ1n) is 4.92. The van der Waals surface area contributed by atoms with Crippen LogP contribution in [0.25, 0.3) is 0 Å². The van der Waals surface area contributed by atoms with Crippen LogP contribution in [0.3, 0.4) is 0 Å². The SMILES string of the molecule is Cc1nc(CNc2cncc(Br)c2)oc1C. The fraction of sp³-hybridized carbons (Fsp3) is 0.273. The minimum absolute atomic E-state index is 0.562. The van der Waals surface area contributed by atoms with Gasteiger partial charge in [-0.2, -0.15) is 0 Å². The first kappa shape index (κ1) is 11.1. The summed E-state index contributed by atoms with van der Waals surface area (Å²) in [6, 6.07) is 1.95. The minimum Gasteiger partial charge on any atom is -0.444 e. The number of hydrogen-bond donors (Lipinski definition) is 1. The maximum absolute atomic E-state index is 5.46. The van der Waals surface area contributed by atoms with Crippen molar-refractivity contribution in [3.8, 4) is 0 Å². The van der Waals surface area contributed by atoms with Crippen molar-refractivity contribution in [2.75, 3.05) is 5.32 Å². The van der Waals surface area contributed by atoms with E-state index in [1.54, 1.807) is 12.4 Å². The van der Waals surface area contributed by atoms with Gasteiger partial charge < -0.3 is 9.73 Å². The lowest BCUT2D eigenvalue weighted by atomic mass is 10.4. The summed E-state index contributed by atoms with van der Waals surface area (Å²) in [4.78, 5) is 8.35. The summed E-state index contributed by atoms with van der Waals surface area (Å²) in [5, 5.41) is 3.19. The number of pyridine rings is 1. The molecule has 84 valence electrons. The predicted octanol–water partition coefficient (Wildman–Crippen LogP) is 3.06. The molecule has 0 saturated heterocycles. The number of rotatable bonds is 3. The lowest BCUT2D eigenvalue weighted by molar-refractivity contribution is 0.478. The van der Waals surface area contributed by atoms with Gasteiger partial charge in [0.1, 0.15) is 5.76 Å². The molecular formula is C11H12BrN3O. The molecule has 1 N–H and O–H groups in total. The Bertz CT molecular complexity index is 476. The molecule has 16 heavy (non-hydrogen) atoms. The van der Waals surface area contributed by atoms with Gasteiger partial charge in [0, 0.05) is 10.7 Å². The molecule has 2 rings (SSSR count). The first-order chi connectivity index (χ1) is 7.65. The van der Waals surface area contributed by atoms with E-state index in [1.807, 2.05) is 19.9 Å². The van der Waals surface area contributed by atoms with Crippen molar-refractivity contribution in [1.29, 1.82) is 0 Å². The normalized spacial score (nSPS) is 10.4. The molecule has 0 atom stereocenters. The second-order valence-corrected chi connectivity index (χ2v) is 4.41. The van der Waals surface area contributed by atoms with E-state index in [1.165, 1.54) is 0 Å². The van der Waals surface area contributed by atoms with Crippen molar-refractivity contribution < 1.29 is 4.42 Å². The van der Waals surface area contributed by atoms with Crippen LogP contribution >= 0.6 is 15.9 Å². The summed E-state index contributed by atoms with van der Waals surface area (Å²) in [6.07, 6.45) is 3.50. The smallest absolute Gasteiger partial charge is 0.213 e. The van der Waals surface area contributed by atoms with Crippen LogP contribution in [0, 0.1) is 13.8 Å². The third kappa shape index (κ3) is 2.61. The zero-order valence-electron chi connectivity index (χ0n) is 9.12. The minimum atomic E-state index is 0.562. The lowest BCUT2D eigenvalue weighted by Crippen LogP contribution is -1.99. The Kier molecular flexibility index (Phi) is 3.24. The molecule has 0 aliphatic carbocycles. The van der Waals surface area contributed by atoms with Gasteiger partial charge in [0.2, 0.25) is 5.89 Å². The van der Waals surface area contributed by atoms with E-state index in [4.69, 9.17) is 4.42 Å². The zero-order valence-corrected chi connectivity index (χ0v) is 10.7. The third-order valence-electron chi connectivity index (χ3n) is 2.22. The van der Waals surface area contributed by atoms with Gasteiger partial charge in [0.05, 0.1) is 24.1 Å². The van der Waals surface area contributed by atoms with E-state index >= 15 is 0 Å². The summed E-state index contributed by atoms with van der Waals surface area (Å²) < 4.78 is 6.40. The number of nitrogens with one attached hydrogen (secondary N) is 1. The highest BCUT2D eigenvalue weighted by atomic mass is 79.9. The topological polar surface area (TPSA) is 51.0 Å². The molecule has 0 fully saturated rings. The molecule has 2 aromatic rings. The first-order valence-corrected chi connectivity index (χ1v) is 5.72. The standard InChI is InChI=1S/C11H12BrN3O/c1-7-8(2)16-11(15-7)6-14-10-3-9(12)4-13-5-10/h3-5,14H,6H2,1-2H3. The van der Waals surface area contributed by atoms with Gasteiger partial charge in [-0.15, -0.1) is 0 Å². The number of anilines is 1. The molecule has 0 bridgehead atoms. The Morgan fingerprint density at radius 1 is 1.38 bits per heavy atom. The molecule has 0 unspecified atom stereocenters. The monoisotopic (exact) mass is 281 g/mol. The summed E-state index contributed by atoms with van der Waals surface area (Å²) in [5.41, 5.74) is 1.87. The lowest BCUT2D eigenvalue weighted by Gasteiger charge is -2.02. The van der Waals surface area contributed by atoms with Gasteiger partial charge >= 0.3 is 0 Å². The largest absolute Gasteiger partial charge is 0.444 e. The molecule has 0 saturated carbocycles. The summed E-state index contributed by atoms with van der Waals surface area (Å²) in [5.74, 6) is 1.55. The molecule has 0 aromatic carbocycles. The Balaban J connectivity index is 2.02. The Morgan fingerprint density at radius 3 is 2.81 bits per heavy atom. The van der Waals surface area contributed by atoms with Crippen LogP contribution in [0.2, 0.25) is 0 Å². The van der Waals surface area contributed by atoms with Gasteiger partial charge in [0.25, 0.3) is 0 Å². The van der Waals surface area contributed by atoms with E-state index in [-0.39, 0.29) is 0 Å². The molecule has 4 nitrogen and oxygen atoms in total. The summed E-state index contributed by atoms with van der Waals surface area (Å²) in [7, 11) is 0. The molecule has 2 aromatic heterocycles. The summed E-state index contributed by atoms with van der Waals surface area (Å²) in [6.45, 7) is 4.41. The van der Waals surface area contributed by atoms with Crippen molar-refractivity contribution in [2.24, 2.45) is 0 Å². The Labute approximate surface area is 102 Å². The Hall–Kier alpha value is -1.36. The highest BCUT2D eigenvalue weighted by Crippen LogP contribution is 2.15. The van der Waals surface area contributed by atoms with E-state index in [0.29, 0.717) is 12.4 Å². The van der Waals surface area contributed by atoms with Crippen molar-refractivity contribution in [1.82, 2.24) is 9.97 Å². The van der Waals surface area contributed by atoms with Crippen molar-refractivity contribution in [3.63, 3.8) is 0 Å². The zero-order chi connectivity index (χ0) is 11.5. The quantitative estimate of drug-likeness (QED) is 0.940. The second-order valence-electron chi connectivity index (χ2n) is 3.49. The van der Waals surface area contributed by atoms with Crippen molar-refractivity contribution in [3.05, 3.63) is 40.3 Å². The van der Waals surface area contributed by atoms with Gasteiger partial charge in [-0.1, -0.05) is 0 Å². The fourth-order valence-electron chi connectivity index (χ4n) is 1.30. The van der Waals surface area contributed by atoms with E-state index in [9.17, 15) is 0 Å². The third-order valence-corrected chi connectivity index (χ3v) is 2.66. The van der Waals surface area contributed by atoms with Crippen LogP contribution in [0.5, 0.6) is 0 Å². The van der Waals surface area contributed by atoms with Crippen LogP contribution < -0.4 is 5.32 Å². The van der Waals surface area contributed by atoms with Crippen LogP contribution in [0.4, 0.5) is 5.69 Å². The van der Waals surface area contributed by atoms with E-state index in [0.717, 1.165) is 21.6 Å². The van der Waals surface area contributed by atoms with Crippen LogP contribution in [0.1, 0.15) is 17.3 Å². The summed E-state index contributed by atoms with van der Waals surface area (Å²) >= 11 is 3.36. The number of aryl methyl sites for hydroxylation is 2. The van der Waals surface area contributed by atoms with Crippen LogP contribution in [-0.4, -0.2) is 9.97 Å². The molecule has 0 aliphatic heterocycles. The van der Waals surface area contributed by atoms with Crippen molar-refractivity contribution >= 4 is 21.6 Å². The molecule has 0 aliphatic rings. The average Bonchev–Trinajstić information content (AvgIpc) is 2.56. The maximum Gasteiger partial charge on any atom is 0.213 e. The van der Waals surface area contributed by atoms with Gasteiger partial charge in [-0.05, 0) is 35.8 Å². The average molecular weight is 282 g/mol. The number of aromatic nitrogens is 2. The maximum atomic E-state index is 5.46. The van der Waals surface area contributed by atoms with E-state index in [2.05, 4.69) is 31.2 Å². The van der Waals surface area contributed by atoms with E-state index < -0.39 is 0 Å². The molecule has 0 amide bonds. The molecule has 5 heteroatoms. The Morgan fingerprint density at radius 2 is 2.19 bits per heavy atom. The van der Waals surface area contributed by atoms with Crippen LogP contribution in [-0.2, 0) is 6.54 Å². The predicted molar refractivity (Wildman–Crippen MR) is 65.2 cm³/mol. The fourth-order valence-corrected chi connectivity index (χ4v) is 1.67. The molecular weight excluding hydrogens is 270 g/mol. The molecule has 2 heterocycles. The number of oxazole rings is 1.